The van der Waals surface area contributed by atoms with Crippen molar-refractivity contribution in [1.82, 2.24) is 15.5 Å². The van der Waals surface area contributed by atoms with Crippen molar-refractivity contribution in [3.63, 3.8) is 0 Å². The van der Waals surface area contributed by atoms with Crippen LogP contribution >= 0.6 is 0 Å². The Morgan fingerprint density at radius 1 is 1.11 bits per heavy atom. The fraction of sp³-hybridized carbons (Fsp3) is 0.250. The van der Waals surface area contributed by atoms with E-state index in [-0.39, 0.29) is 19.2 Å². The van der Waals surface area contributed by atoms with Crippen molar-refractivity contribution in [3.05, 3.63) is 53.3 Å². The third kappa shape index (κ3) is 3.96. The molecule has 0 atom stereocenters. The number of fused-ring (bicyclic) bond motifs is 1. The lowest BCUT2D eigenvalue weighted by molar-refractivity contribution is -0.115. The highest BCUT2D eigenvalue weighted by Gasteiger charge is 2.17. The van der Waals surface area contributed by atoms with Gasteiger partial charge in [-0.3, -0.25) is 4.79 Å². The standard InChI is InChI=1S/C20H20N4O4/c1-12-3-5-15(13(2)7-12)22-19(25)10-21-9-18-23-20(28-24-18)14-4-6-16-17(8-14)27-11-26-16/h3-8,21H,9-11H2,1-2H3,(H,22,25). The zero-order chi connectivity index (χ0) is 19.5. The van der Waals surface area contributed by atoms with E-state index < -0.39 is 0 Å². The van der Waals surface area contributed by atoms with Crippen LogP contribution < -0.4 is 20.1 Å². The maximum atomic E-state index is 12.1. The zero-order valence-electron chi connectivity index (χ0n) is 15.6. The molecule has 28 heavy (non-hydrogen) atoms. The van der Waals surface area contributed by atoms with Crippen molar-refractivity contribution in [2.24, 2.45) is 0 Å². The van der Waals surface area contributed by atoms with Gasteiger partial charge in [-0.1, -0.05) is 22.9 Å². The first-order valence-corrected chi connectivity index (χ1v) is 8.89. The van der Waals surface area contributed by atoms with Crippen molar-refractivity contribution in [2.75, 3.05) is 18.7 Å². The maximum absolute atomic E-state index is 12.1. The van der Waals surface area contributed by atoms with Gasteiger partial charge in [0, 0.05) is 11.3 Å². The highest BCUT2D eigenvalue weighted by atomic mass is 16.7. The Labute approximate surface area is 161 Å². The third-order valence-electron chi connectivity index (χ3n) is 4.31. The van der Waals surface area contributed by atoms with Crippen LogP contribution in [0.25, 0.3) is 11.5 Å². The first-order valence-electron chi connectivity index (χ1n) is 8.89. The number of benzene rings is 2. The highest BCUT2D eigenvalue weighted by Crippen LogP contribution is 2.35. The van der Waals surface area contributed by atoms with Crippen LogP contribution in [0.1, 0.15) is 17.0 Å². The van der Waals surface area contributed by atoms with Crippen LogP contribution in [0.15, 0.2) is 40.9 Å². The van der Waals surface area contributed by atoms with Crippen LogP contribution in [0.5, 0.6) is 11.5 Å². The molecule has 1 aromatic heterocycles. The molecule has 8 heteroatoms. The van der Waals surface area contributed by atoms with Crippen molar-refractivity contribution in [1.29, 1.82) is 0 Å². The summed E-state index contributed by atoms with van der Waals surface area (Å²) < 4.78 is 15.9. The Balaban J connectivity index is 1.30. The molecule has 144 valence electrons. The molecule has 1 aliphatic heterocycles. The minimum atomic E-state index is -0.133. The molecular weight excluding hydrogens is 360 g/mol. The molecule has 4 rings (SSSR count). The number of aromatic nitrogens is 2. The molecule has 1 amide bonds. The Morgan fingerprint density at radius 2 is 1.96 bits per heavy atom. The molecule has 0 saturated heterocycles. The van der Waals surface area contributed by atoms with E-state index in [4.69, 9.17) is 14.0 Å². The number of rotatable bonds is 6. The van der Waals surface area contributed by atoms with Gasteiger partial charge in [-0.15, -0.1) is 0 Å². The van der Waals surface area contributed by atoms with Gasteiger partial charge in [0.05, 0.1) is 13.1 Å². The molecule has 2 heterocycles. The number of hydrogen-bond donors (Lipinski definition) is 2. The molecule has 0 saturated carbocycles. The van der Waals surface area contributed by atoms with Gasteiger partial charge >= 0.3 is 0 Å². The summed E-state index contributed by atoms with van der Waals surface area (Å²) in [5, 5.41) is 9.84. The van der Waals surface area contributed by atoms with Gasteiger partial charge in [-0.2, -0.15) is 4.98 Å². The molecule has 8 nitrogen and oxygen atoms in total. The molecule has 0 fully saturated rings. The average molecular weight is 380 g/mol. The Hall–Kier alpha value is -3.39. The maximum Gasteiger partial charge on any atom is 0.258 e. The van der Waals surface area contributed by atoms with Gasteiger partial charge < -0.3 is 24.6 Å². The lowest BCUT2D eigenvalue weighted by Crippen LogP contribution is -2.28. The lowest BCUT2D eigenvalue weighted by atomic mass is 10.1. The molecule has 2 aromatic carbocycles. The number of nitrogens with one attached hydrogen (secondary N) is 2. The molecule has 0 radical (unpaired) electrons. The number of ether oxygens (including phenoxy) is 2. The van der Waals surface area contributed by atoms with Gasteiger partial charge in [0.2, 0.25) is 12.7 Å². The van der Waals surface area contributed by atoms with Gasteiger partial charge in [-0.25, -0.2) is 0 Å². The molecule has 3 aromatic rings. The molecule has 2 N–H and O–H groups in total. The monoisotopic (exact) mass is 380 g/mol. The fourth-order valence-electron chi connectivity index (χ4n) is 2.91. The molecule has 0 aliphatic carbocycles. The zero-order valence-corrected chi connectivity index (χ0v) is 15.6. The SMILES string of the molecule is Cc1ccc(NC(=O)CNCc2noc(-c3ccc4c(c3)OCO4)n2)c(C)c1. The minimum Gasteiger partial charge on any atom is -0.454 e. The van der Waals surface area contributed by atoms with E-state index in [0.29, 0.717) is 29.8 Å². The van der Waals surface area contributed by atoms with Crippen LogP contribution in [0.4, 0.5) is 5.69 Å². The van der Waals surface area contributed by atoms with Crippen molar-refractivity contribution >= 4 is 11.6 Å². The second-order valence-electron chi connectivity index (χ2n) is 6.55. The number of carbonyl (C=O) groups excluding carboxylic acids is 1. The first kappa shape index (κ1) is 18.0. The van der Waals surface area contributed by atoms with E-state index in [1.165, 1.54) is 0 Å². The van der Waals surface area contributed by atoms with Crippen molar-refractivity contribution in [2.45, 2.75) is 20.4 Å². The van der Waals surface area contributed by atoms with Gasteiger partial charge in [0.1, 0.15) is 0 Å². The molecule has 0 spiro atoms. The van der Waals surface area contributed by atoms with E-state index in [1.807, 2.05) is 38.1 Å². The fourth-order valence-corrected chi connectivity index (χ4v) is 2.91. The number of aryl methyl sites for hydroxylation is 2. The summed E-state index contributed by atoms with van der Waals surface area (Å²) in [5.41, 5.74) is 3.74. The third-order valence-corrected chi connectivity index (χ3v) is 4.31. The minimum absolute atomic E-state index is 0.133. The summed E-state index contributed by atoms with van der Waals surface area (Å²) in [7, 11) is 0. The van der Waals surface area contributed by atoms with Gasteiger partial charge in [0.15, 0.2) is 17.3 Å². The first-order chi connectivity index (χ1) is 13.6. The molecule has 1 aliphatic rings. The van der Waals surface area contributed by atoms with Gasteiger partial charge in [-0.05, 0) is 43.7 Å². The number of hydrogen-bond acceptors (Lipinski definition) is 7. The number of carbonyl (C=O) groups is 1. The normalized spacial score (nSPS) is 12.2. The quantitative estimate of drug-likeness (QED) is 0.678. The van der Waals surface area contributed by atoms with E-state index in [2.05, 4.69) is 20.8 Å². The van der Waals surface area contributed by atoms with Crippen LogP contribution in [-0.4, -0.2) is 29.4 Å². The Kier molecular flexibility index (Phi) is 4.94. The smallest absolute Gasteiger partial charge is 0.258 e. The summed E-state index contributed by atoms with van der Waals surface area (Å²) >= 11 is 0. The van der Waals surface area contributed by atoms with E-state index in [0.717, 1.165) is 22.4 Å². The Morgan fingerprint density at radius 3 is 2.82 bits per heavy atom. The predicted octanol–water partition coefficient (Wildman–Crippen LogP) is 2.81. The van der Waals surface area contributed by atoms with Crippen molar-refractivity contribution in [3.8, 4) is 23.0 Å². The summed E-state index contributed by atoms with van der Waals surface area (Å²) in [4.78, 5) is 16.5. The summed E-state index contributed by atoms with van der Waals surface area (Å²) in [6, 6.07) is 11.3. The Bertz CT molecular complexity index is 1020. The topological polar surface area (TPSA) is 98.5 Å². The molecule has 0 unspecified atom stereocenters. The number of amides is 1. The summed E-state index contributed by atoms with van der Waals surface area (Å²) in [6.07, 6.45) is 0. The van der Waals surface area contributed by atoms with E-state index in [1.54, 1.807) is 12.1 Å². The average Bonchev–Trinajstić information content (AvgIpc) is 3.32. The molecular formula is C20H20N4O4. The highest BCUT2D eigenvalue weighted by molar-refractivity contribution is 5.92. The van der Waals surface area contributed by atoms with E-state index >= 15 is 0 Å². The van der Waals surface area contributed by atoms with E-state index in [9.17, 15) is 4.79 Å². The predicted molar refractivity (Wildman–Crippen MR) is 102 cm³/mol. The van der Waals surface area contributed by atoms with Crippen LogP contribution in [0.3, 0.4) is 0 Å². The summed E-state index contributed by atoms with van der Waals surface area (Å²) in [6.45, 7) is 4.65. The second kappa shape index (κ2) is 7.69. The number of nitrogens with zero attached hydrogens (tertiary/aromatic N) is 2. The van der Waals surface area contributed by atoms with Crippen LogP contribution in [-0.2, 0) is 11.3 Å². The van der Waals surface area contributed by atoms with Crippen LogP contribution in [0, 0.1) is 13.8 Å². The molecule has 0 bridgehead atoms. The summed E-state index contributed by atoms with van der Waals surface area (Å²) in [5.74, 6) is 2.06. The van der Waals surface area contributed by atoms with Crippen LogP contribution in [0.2, 0.25) is 0 Å². The van der Waals surface area contributed by atoms with Crippen molar-refractivity contribution < 1.29 is 18.8 Å². The largest absolute Gasteiger partial charge is 0.454 e. The van der Waals surface area contributed by atoms with Gasteiger partial charge in [0.25, 0.3) is 5.89 Å². The lowest BCUT2D eigenvalue weighted by Gasteiger charge is -2.09. The number of anilines is 1. The second-order valence-corrected chi connectivity index (χ2v) is 6.55.